The van der Waals surface area contributed by atoms with Gasteiger partial charge in [0.25, 0.3) is 5.91 Å². The second kappa shape index (κ2) is 10.5. The Bertz CT molecular complexity index is 1010. The highest BCUT2D eigenvalue weighted by atomic mass is 32.2. The monoisotopic (exact) mass is 444 g/mol. The first-order valence-electron chi connectivity index (χ1n) is 10.2. The van der Waals surface area contributed by atoms with Crippen LogP contribution in [0.25, 0.3) is 0 Å². The van der Waals surface area contributed by atoms with E-state index in [1.54, 1.807) is 49.6 Å². The lowest BCUT2D eigenvalue weighted by molar-refractivity contribution is 0.102. The van der Waals surface area contributed by atoms with Crippen LogP contribution in [-0.4, -0.2) is 34.1 Å². The van der Waals surface area contributed by atoms with E-state index >= 15 is 0 Å². The lowest BCUT2D eigenvalue weighted by atomic mass is 10.1. The van der Waals surface area contributed by atoms with Crippen LogP contribution in [0.15, 0.2) is 55.1 Å². The topological polar surface area (TPSA) is 93.7 Å². The summed E-state index contributed by atoms with van der Waals surface area (Å²) in [4.78, 5) is 12.6. The van der Waals surface area contributed by atoms with E-state index in [0.29, 0.717) is 28.3 Å². The lowest BCUT2D eigenvalue weighted by Crippen LogP contribution is -2.25. The fourth-order valence-corrected chi connectivity index (χ4v) is 4.54. The number of hydrogen-bond donors (Lipinski definition) is 2. The number of sulfonamides is 1. The van der Waals surface area contributed by atoms with Gasteiger partial charge in [0.1, 0.15) is 0 Å². The van der Waals surface area contributed by atoms with Crippen molar-refractivity contribution in [2.24, 2.45) is 0 Å². The molecule has 0 saturated heterocycles. The minimum atomic E-state index is -3.43. The Morgan fingerprint density at radius 2 is 1.84 bits per heavy atom. The maximum Gasteiger partial charge on any atom is 0.255 e. The fourth-order valence-electron chi connectivity index (χ4n) is 3.44. The molecule has 1 fully saturated rings. The normalized spacial score (nSPS) is 14.2. The van der Waals surface area contributed by atoms with E-state index in [1.807, 2.05) is 0 Å². The zero-order valence-electron chi connectivity index (χ0n) is 17.6. The summed E-state index contributed by atoms with van der Waals surface area (Å²) in [6.07, 6.45) is 6.09. The third kappa shape index (κ3) is 6.57. The number of carbonyl (C=O) groups excluding carboxylic acids is 1. The van der Waals surface area contributed by atoms with Gasteiger partial charge in [0, 0.05) is 17.8 Å². The van der Waals surface area contributed by atoms with Crippen molar-refractivity contribution in [1.82, 2.24) is 4.72 Å². The van der Waals surface area contributed by atoms with Crippen molar-refractivity contribution in [3.05, 3.63) is 66.2 Å². The Hall–Kier alpha value is -2.84. The van der Waals surface area contributed by atoms with Crippen molar-refractivity contribution in [2.75, 3.05) is 19.0 Å². The summed E-state index contributed by atoms with van der Waals surface area (Å²) in [6, 6.07) is 11.8. The Kier molecular flexibility index (Phi) is 7.70. The molecular formula is C23H28N2O5S. The fraction of sp³-hybridized carbons (Fsp3) is 0.348. The molecule has 3 rings (SSSR count). The third-order valence-corrected chi connectivity index (χ3v) is 6.36. The predicted octanol–water partition coefficient (Wildman–Crippen LogP) is 3.87. The van der Waals surface area contributed by atoms with Gasteiger partial charge in [-0.1, -0.05) is 18.2 Å². The van der Waals surface area contributed by atoms with Gasteiger partial charge in [-0.05, 0) is 61.6 Å². The van der Waals surface area contributed by atoms with Crippen LogP contribution >= 0.6 is 0 Å². The Balaban J connectivity index is 1.63. The molecule has 0 aromatic heterocycles. The van der Waals surface area contributed by atoms with Gasteiger partial charge in [0.2, 0.25) is 10.0 Å². The van der Waals surface area contributed by atoms with Crippen LogP contribution in [-0.2, 0) is 15.8 Å². The molecule has 0 aliphatic heterocycles. The Morgan fingerprint density at radius 1 is 1.13 bits per heavy atom. The second-order valence-electron chi connectivity index (χ2n) is 7.44. The molecule has 1 saturated carbocycles. The van der Waals surface area contributed by atoms with Gasteiger partial charge in [0.05, 0.1) is 19.0 Å². The Morgan fingerprint density at radius 3 is 2.48 bits per heavy atom. The van der Waals surface area contributed by atoms with E-state index in [1.165, 1.54) is 18.9 Å². The number of ether oxygens (including phenoxy) is 2. The van der Waals surface area contributed by atoms with Gasteiger partial charge in [-0.15, -0.1) is 6.58 Å². The van der Waals surface area contributed by atoms with Gasteiger partial charge in [0.15, 0.2) is 11.5 Å². The highest BCUT2D eigenvalue weighted by Gasteiger charge is 2.19. The molecule has 1 aliphatic rings. The first-order valence-corrected chi connectivity index (χ1v) is 11.9. The number of nitrogens with one attached hydrogen (secondary N) is 2. The van der Waals surface area contributed by atoms with Crippen molar-refractivity contribution in [3.8, 4) is 11.5 Å². The maximum atomic E-state index is 12.6. The maximum absolute atomic E-state index is 12.6. The largest absolute Gasteiger partial charge is 0.493 e. The molecule has 0 heterocycles. The van der Waals surface area contributed by atoms with E-state index < -0.39 is 10.0 Å². The molecule has 8 heteroatoms. The summed E-state index contributed by atoms with van der Waals surface area (Å²) in [6.45, 7) is 3.68. The lowest BCUT2D eigenvalue weighted by Gasteiger charge is -2.16. The van der Waals surface area contributed by atoms with Gasteiger partial charge in [-0.3, -0.25) is 4.79 Å². The zero-order valence-corrected chi connectivity index (χ0v) is 18.4. The predicted molar refractivity (Wildman–Crippen MR) is 121 cm³/mol. The van der Waals surface area contributed by atoms with E-state index in [0.717, 1.165) is 12.8 Å². The van der Waals surface area contributed by atoms with Crippen molar-refractivity contribution in [1.29, 1.82) is 0 Å². The number of methoxy groups -OCH3 is 1. The average Bonchev–Trinajstić information content (AvgIpc) is 3.27. The van der Waals surface area contributed by atoms with Crippen LogP contribution in [0.4, 0.5) is 5.69 Å². The summed E-state index contributed by atoms with van der Waals surface area (Å²) < 4.78 is 37.8. The van der Waals surface area contributed by atoms with Crippen molar-refractivity contribution in [3.63, 3.8) is 0 Å². The molecule has 0 spiro atoms. The SMILES string of the molecule is C=CCNS(=O)(=O)Cc1ccc(NC(=O)c2ccc(OC3CCCC3)c(OC)c2)cc1. The van der Waals surface area contributed by atoms with Gasteiger partial charge in [-0.2, -0.15) is 0 Å². The van der Waals surface area contributed by atoms with E-state index in [2.05, 4.69) is 16.6 Å². The number of anilines is 1. The molecule has 0 radical (unpaired) electrons. The van der Waals surface area contributed by atoms with Crippen LogP contribution in [0.1, 0.15) is 41.6 Å². The number of hydrogen-bond acceptors (Lipinski definition) is 5. The van der Waals surface area contributed by atoms with Gasteiger partial charge in [-0.25, -0.2) is 13.1 Å². The standard InChI is InChI=1S/C23H28N2O5S/c1-3-14-24-31(27,28)16-17-8-11-19(12-9-17)25-23(26)18-10-13-21(22(15-18)29-2)30-20-6-4-5-7-20/h3,8-13,15,20,24H,1,4-7,14,16H2,2H3,(H,25,26). The van der Waals surface area contributed by atoms with Crippen LogP contribution in [0.3, 0.4) is 0 Å². The molecule has 0 unspecified atom stereocenters. The first-order chi connectivity index (χ1) is 14.9. The quantitative estimate of drug-likeness (QED) is 0.543. The summed E-state index contributed by atoms with van der Waals surface area (Å²) in [7, 11) is -1.88. The van der Waals surface area contributed by atoms with Crippen molar-refractivity contribution < 1.29 is 22.7 Å². The minimum absolute atomic E-state index is 0.144. The van der Waals surface area contributed by atoms with Crippen LogP contribution < -0.4 is 19.5 Å². The summed E-state index contributed by atoms with van der Waals surface area (Å²) in [5.41, 5.74) is 1.62. The molecule has 2 N–H and O–H groups in total. The smallest absolute Gasteiger partial charge is 0.255 e. The highest BCUT2D eigenvalue weighted by molar-refractivity contribution is 7.88. The van der Waals surface area contributed by atoms with E-state index in [-0.39, 0.29) is 24.3 Å². The molecular weight excluding hydrogens is 416 g/mol. The summed E-state index contributed by atoms with van der Waals surface area (Å²) in [5.74, 6) is 0.724. The highest BCUT2D eigenvalue weighted by Crippen LogP contribution is 2.32. The summed E-state index contributed by atoms with van der Waals surface area (Å²) >= 11 is 0. The van der Waals surface area contributed by atoms with Gasteiger partial charge >= 0.3 is 0 Å². The number of amides is 1. The van der Waals surface area contributed by atoms with E-state index in [9.17, 15) is 13.2 Å². The minimum Gasteiger partial charge on any atom is -0.493 e. The van der Waals surface area contributed by atoms with Crippen molar-refractivity contribution in [2.45, 2.75) is 37.5 Å². The van der Waals surface area contributed by atoms with Crippen molar-refractivity contribution >= 4 is 21.6 Å². The van der Waals surface area contributed by atoms with E-state index in [4.69, 9.17) is 9.47 Å². The molecule has 1 amide bonds. The molecule has 7 nitrogen and oxygen atoms in total. The Labute approximate surface area is 183 Å². The number of carbonyl (C=O) groups is 1. The molecule has 31 heavy (non-hydrogen) atoms. The molecule has 0 bridgehead atoms. The molecule has 1 aliphatic carbocycles. The van der Waals surface area contributed by atoms with Crippen LogP contribution in [0, 0.1) is 0 Å². The number of rotatable bonds is 10. The third-order valence-electron chi connectivity index (χ3n) is 5.04. The number of benzene rings is 2. The molecule has 2 aromatic carbocycles. The second-order valence-corrected chi connectivity index (χ2v) is 9.24. The van der Waals surface area contributed by atoms with Gasteiger partial charge < -0.3 is 14.8 Å². The summed E-state index contributed by atoms with van der Waals surface area (Å²) in [5, 5.41) is 2.81. The van der Waals surface area contributed by atoms with Crippen LogP contribution in [0.2, 0.25) is 0 Å². The average molecular weight is 445 g/mol. The first kappa shape index (κ1) is 22.8. The molecule has 2 aromatic rings. The van der Waals surface area contributed by atoms with Crippen LogP contribution in [0.5, 0.6) is 11.5 Å². The molecule has 166 valence electrons. The molecule has 0 atom stereocenters. The zero-order chi connectivity index (χ0) is 22.3.